The molecule has 0 aliphatic carbocycles. The van der Waals surface area contributed by atoms with Crippen molar-refractivity contribution < 1.29 is 0 Å². The first-order valence-corrected chi connectivity index (χ1v) is 6.16. The maximum absolute atomic E-state index is 3.48. The first kappa shape index (κ1) is 11.7. The molecule has 1 aliphatic rings. The molecule has 0 spiro atoms. The lowest BCUT2D eigenvalue weighted by Crippen LogP contribution is -2.59. The average Bonchev–Trinajstić information content (AvgIpc) is 2.16. The number of hydrogen-bond donors (Lipinski definition) is 1. The van der Waals surface area contributed by atoms with Crippen LogP contribution in [0.1, 0.15) is 51.7 Å². The number of rotatable bonds is 1. The second-order valence-electron chi connectivity index (χ2n) is 6.53. The Morgan fingerprint density at radius 2 is 1.69 bits per heavy atom. The molecule has 1 N–H and O–H groups in total. The Bertz CT molecular complexity index is 367. The van der Waals surface area contributed by atoms with Crippen molar-refractivity contribution in [2.24, 2.45) is 0 Å². The molecule has 1 heteroatoms. The van der Waals surface area contributed by atoms with Crippen LogP contribution < -0.4 is 5.32 Å². The van der Waals surface area contributed by atoms with Crippen molar-refractivity contribution in [1.82, 2.24) is 5.32 Å². The Morgan fingerprint density at radius 3 is 2.00 bits per heavy atom. The van der Waals surface area contributed by atoms with E-state index in [1.54, 1.807) is 0 Å². The molecule has 1 fully saturated rings. The molecule has 0 radical (unpaired) electrons. The first-order chi connectivity index (χ1) is 7.31. The highest BCUT2D eigenvalue weighted by molar-refractivity contribution is 5.33. The van der Waals surface area contributed by atoms with Gasteiger partial charge in [-0.2, -0.15) is 0 Å². The van der Waals surface area contributed by atoms with Crippen molar-refractivity contribution in [2.45, 2.75) is 51.5 Å². The minimum absolute atomic E-state index is 0.256. The van der Waals surface area contributed by atoms with Gasteiger partial charge in [0.25, 0.3) is 0 Å². The van der Waals surface area contributed by atoms with Gasteiger partial charge in [0.2, 0.25) is 0 Å². The summed E-state index contributed by atoms with van der Waals surface area (Å²) in [6.07, 6.45) is 0. The number of benzene rings is 1. The molecular formula is C15H23N. The SMILES string of the molecule is CC(C)(C)c1ccc(C2CNC2(C)C)cc1. The highest BCUT2D eigenvalue weighted by atomic mass is 15.1. The van der Waals surface area contributed by atoms with Crippen LogP contribution in [0.5, 0.6) is 0 Å². The second-order valence-corrected chi connectivity index (χ2v) is 6.53. The molecule has 0 amide bonds. The van der Waals surface area contributed by atoms with Gasteiger partial charge in [-0.15, -0.1) is 0 Å². The first-order valence-electron chi connectivity index (χ1n) is 6.16. The Kier molecular flexibility index (Phi) is 2.62. The van der Waals surface area contributed by atoms with Gasteiger partial charge in [0.15, 0.2) is 0 Å². The van der Waals surface area contributed by atoms with Crippen LogP contribution in [0.3, 0.4) is 0 Å². The van der Waals surface area contributed by atoms with Crippen LogP contribution in [-0.4, -0.2) is 12.1 Å². The van der Waals surface area contributed by atoms with Crippen molar-refractivity contribution in [3.63, 3.8) is 0 Å². The normalized spacial score (nSPS) is 23.9. The van der Waals surface area contributed by atoms with Gasteiger partial charge in [-0.25, -0.2) is 0 Å². The molecule has 1 unspecified atom stereocenters. The molecule has 1 nitrogen and oxygen atoms in total. The van der Waals surface area contributed by atoms with Gasteiger partial charge >= 0.3 is 0 Å². The summed E-state index contributed by atoms with van der Waals surface area (Å²) in [5.41, 5.74) is 3.41. The molecule has 0 saturated carbocycles. The van der Waals surface area contributed by atoms with Crippen LogP contribution in [0.15, 0.2) is 24.3 Å². The molecular weight excluding hydrogens is 194 g/mol. The van der Waals surface area contributed by atoms with E-state index in [-0.39, 0.29) is 11.0 Å². The van der Waals surface area contributed by atoms with Crippen molar-refractivity contribution in [3.8, 4) is 0 Å². The Labute approximate surface area is 99.3 Å². The fourth-order valence-corrected chi connectivity index (χ4v) is 2.36. The Hall–Kier alpha value is -0.820. The Morgan fingerprint density at radius 1 is 1.12 bits per heavy atom. The lowest BCUT2D eigenvalue weighted by molar-refractivity contribution is 0.208. The quantitative estimate of drug-likeness (QED) is 0.759. The van der Waals surface area contributed by atoms with Crippen LogP contribution in [0.4, 0.5) is 0 Å². The summed E-state index contributed by atoms with van der Waals surface area (Å²) in [6.45, 7) is 12.4. The molecule has 1 aromatic carbocycles. The van der Waals surface area contributed by atoms with E-state index < -0.39 is 0 Å². The summed E-state index contributed by atoms with van der Waals surface area (Å²) in [4.78, 5) is 0. The largest absolute Gasteiger partial charge is 0.310 e. The molecule has 1 saturated heterocycles. The zero-order valence-electron chi connectivity index (χ0n) is 11.1. The lowest BCUT2D eigenvalue weighted by Gasteiger charge is -2.46. The van der Waals surface area contributed by atoms with Crippen molar-refractivity contribution in [1.29, 1.82) is 0 Å². The highest BCUT2D eigenvalue weighted by Crippen LogP contribution is 2.35. The molecule has 16 heavy (non-hydrogen) atoms. The van der Waals surface area contributed by atoms with Gasteiger partial charge in [0.1, 0.15) is 0 Å². The molecule has 88 valence electrons. The third-order valence-electron chi connectivity index (χ3n) is 3.81. The van der Waals surface area contributed by atoms with E-state index in [0.717, 1.165) is 6.54 Å². The zero-order valence-corrected chi connectivity index (χ0v) is 11.1. The molecule has 2 rings (SSSR count). The Balaban J connectivity index is 2.21. The van der Waals surface area contributed by atoms with Crippen LogP contribution >= 0.6 is 0 Å². The van der Waals surface area contributed by atoms with E-state index in [4.69, 9.17) is 0 Å². The highest BCUT2D eigenvalue weighted by Gasteiger charge is 2.38. The summed E-state index contributed by atoms with van der Waals surface area (Å²) < 4.78 is 0. The third-order valence-corrected chi connectivity index (χ3v) is 3.81. The minimum Gasteiger partial charge on any atom is -0.310 e. The van der Waals surface area contributed by atoms with Gasteiger partial charge in [-0.3, -0.25) is 0 Å². The van der Waals surface area contributed by atoms with Crippen LogP contribution in [-0.2, 0) is 5.41 Å². The van der Waals surface area contributed by atoms with Gasteiger partial charge < -0.3 is 5.32 Å². The van der Waals surface area contributed by atoms with Gasteiger partial charge in [0, 0.05) is 18.0 Å². The van der Waals surface area contributed by atoms with Crippen LogP contribution in [0.2, 0.25) is 0 Å². The van der Waals surface area contributed by atoms with E-state index in [9.17, 15) is 0 Å². The average molecular weight is 217 g/mol. The van der Waals surface area contributed by atoms with Gasteiger partial charge in [-0.05, 0) is 30.4 Å². The van der Waals surface area contributed by atoms with E-state index >= 15 is 0 Å². The fourth-order valence-electron chi connectivity index (χ4n) is 2.36. The van der Waals surface area contributed by atoms with Crippen LogP contribution in [0, 0.1) is 0 Å². The summed E-state index contributed by atoms with van der Waals surface area (Å²) >= 11 is 0. The smallest absolute Gasteiger partial charge is 0.0206 e. The molecule has 1 aromatic rings. The number of nitrogens with one attached hydrogen (secondary N) is 1. The van der Waals surface area contributed by atoms with Crippen molar-refractivity contribution in [3.05, 3.63) is 35.4 Å². The summed E-state index contributed by atoms with van der Waals surface area (Å²) in [6, 6.07) is 9.16. The maximum atomic E-state index is 3.48. The third kappa shape index (κ3) is 2.01. The van der Waals surface area contributed by atoms with Gasteiger partial charge in [0.05, 0.1) is 0 Å². The topological polar surface area (TPSA) is 12.0 Å². The maximum Gasteiger partial charge on any atom is 0.0206 e. The van der Waals surface area contributed by atoms with E-state index in [2.05, 4.69) is 64.2 Å². The van der Waals surface area contributed by atoms with Crippen molar-refractivity contribution >= 4 is 0 Å². The van der Waals surface area contributed by atoms with E-state index in [1.165, 1.54) is 11.1 Å². The second kappa shape index (κ2) is 3.59. The summed E-state index contributed by atoms with van der Waals surface area (Å²) in [5.74, 6) is 0.668. The standard InChI is InChI=1S/C15H23N/c1-14(2,3)12-8-6-11(7-9-12)13-10-16-15(13,4)5/h6-9,13,16H,10H2,1-5H3. The molecule has 1 heterocycles. The van der Waals surface area contributed by atoms with Crippen LogP contribution in [0.25, 0.3) is 0 Å². The zero-order chi connectivity index (χ0) is 12.0. The fraction of sp³-hybridized carbons (Fsp3) is 0.600. The molecule has 1 atom stereocenters. The summed E-state index contributed by atoms with van der Waals surface area (Å²) in [7, 11) is 0. The molecule has 0 bridgehead atoms. The predicted molar refractivity (Wildman–Crippen MR) is 70.0 cm³/mol. The summed E-state index contributed by atoms with van der Waals surface area (Å²) in [5, 5.41) is 3.48. The van der Waals surface area contributed by atoms with Crippen molar-refractivity contribution in [2.75, 3.05) is 6.54 Å². The van der Waals surface area contributed by atoms with E-state index in [1.807, 2.05) is 0 Å². The lowest BCUT2D eigenvalue weighted by atomic mass is 9.74. The number of hydrogen-bond acceptors (Lipinski definition) is 1. The molecule has 0 aromatic heterocycles. The monoisotopic (exact) mass is 217 g/mol. The predicted octanol–water partition coefficient (Wildman–Crippen LogP) is 3.45. The van der Waals surface area contributed by atoms with Gasteiger partial charge in [-0.1, -0.05) is 45.0 Å². The van der Waals surface area contributed by atoms with E-state index in [0.29, 0.717) is 5.92 Å². The minimum atomic E-state index is 0.256. The molecule has 1 aliphatic heterocycles.